The lowest BCUT2D eigenvalue weighted by Gasteiger charge is -2.29. The first-order valence-corrected chi connectivity index (χ1v) is 6.56. The Morgan fingerprint density at radius 2 is 2.05 bits per heavy atom. The fourth-order valence-electron chi connectivity index (χ4n) is 2.15. The summed E-state index contributed by atoms with van der Waals surface area (Å²) in [6.07, 6.45) is 3.56. The van der Waals surface area contributed by atoms with E-state index in [0.29, 0.717) is 11.6 Å². The van der Waals surface area contributed by atoms with Gasteiger partial charge in [-0.1, -0.05) is 6.92 Å². The molecule has 1 aliphatic heterocycles. The molecule has 6 heteroatoms. The van der Waals surface area contributed by atoms with Gasteiger partial charge in [0.2, 0.25) is 0 Å². The maximum Gasteiger partial charge on any atom is 0.328 e. The Morgan fingerprint density at radius 3 is 2.63 bits per heavy atom. The second-order valence-electron chi connectivity index (χ2n) is 5.17. The van der Waals surface area contributed by atoms with Gasteiger partial charge in [-0.25, -0.2) is 4.79 Å². The summed E-state index contributed by atoms with van der Waals surface area (Å²) in [5.41, 5.74) is 0.322. The highest BCUT2D eigenvalue weighted by Gasteiger charge is 2.24. The number of carboxylic acids is 1. The van der Waals surface area contributed by atoms with Gasteiger partial charge < -0.3 is 10.0 Å². The average Bonchev–Trinajstić information content (AvgIpc) is 2.87. The number of carbonyl (C=O) groups excluding carboxylic acids is 1. The monoisotopic (exact) mass is 265 g/mol. The van der Waals surface area contributed by atoms with Gasteiger partial charge in [0.05, 0.1) is 0 Å². The largest absolute Gasteiger partial charge is 0.480 e. The van der Waals surface area contributed by atoms with Crippen LogP contribution in [0.25, 0.3) is 0 Å². The highest BCUT2D eigenvalue weighted by atomic mass is 16.4. The van der Waals surface area contributed by atoms with Crippen molar-refractivity contribution in [3.63, 3.8) is 0 Å². The van der Waals surface area contributed by atoms with Gasteiger partial charge in [-0.15, -0.1) is 0 Å². The third kappa shape index (κ3) is 2.94. The molecule has 0 saturated carbocycles. The molecule has 1 amide bonds. The molecule has 1 fully saturated rings. The van der Waals surface area contributed by atoms with Gasteiger partial charge in [0.1, 0.15) is 11.7 Å². The lowest BCUT2D eigenvalue weighted by atomic mass is 9.99. The molecule has 1 aliphatic rings. The zero-order valence-electron chi connectivity index (χ0n) is 11.2. The van der Waals surface area contributed by atoms with E-state index >= 15 is 0 Å². The fraction of sp³-hybridized carbons (Fsp3) is 0.615. The number of hydrogen-bond donors (Lipinski definition) is 1. The van der Waals surface area contributed by atoms with Gasteiger partial charge >= 0.3 is 5.97 Å². The summed E-state index contributed by atoms with van der Waals surface area (Å²) in [5.74, 6) is -0.411. The smallest absolute Gasteiger partial charge is 0.328 e. The van der Waals surface area contributed by atoms with Gasteiger partial charge in [-0.2, -0.15) is 5.10 Å². The first kappa shape index (κ1) is 13.6. The van der Waals surface area contributed by atoms with E-state index < -0.39 is 12.0 Å². The molecule has 6 nitrogen and oxygen atoms in total. The van der Waals surface area contributed by atoms with E-state index in [-0.39, 0.29) is 5.91 Å². The van der Waals surface area contributed by atoms with Crippen LogP contribution in [-0.4, -0.2) is 44.8 Å². The number of rotatable bonds is 3. The molecule has 19 heavy (non-hydrogen) atoms. The number of nitrogens with zero attached hydrogens (tertiary/aromatic N) is 3. The minimum atomic E-state index is -0.964. The van der Waals surface area contributed by atoms with Gasteiger partial charge in [-0.05, 0) is 31.7 Å². The topological polar surface area (TPSA) is 75.4 Å². The summed E-state index contributed by atoms with van der Waals surface area (Å²) in [7, 11) is 0. The van der Waals surface area contributed by atoms with Crippen molar-refractivity contribution in [3.05, 3.63) is 18.0 Å². The number of carboxylic acid groups (broad SMARTS) is 1. The standard InChI is InChI=1S/C13H19N3O3/c1-9-3-6-15(7-4-9)12(17)11-5-8-16(14-11)10(2)13(18)19/h5,8-10H,3-4,6-7H2,1-2H3,(H,18,19). The third-order valence-electron chi connectivity index (χ3n) is 3.65. The first-order chi connectivity index (χ1) is 8.99. The van der Waals surface area contributed by atoms with Crippen molar-refractivity contribution in [1.29, 1.82) is 0 Å². The van der Waals surface area contributed by atoms with E-state index in [2.05, 4.69) is 12.0 Å². The van der Waals surface area contributed by atoms with Crippen molar-refractivity contribution < 1.29 is 14.7 Å². The van der Waals surface area contributed by atoms with Crippen LogP contribution in [0.4, 0.5) is 0 Å². The molecule has 1 saturated heterocycles. The van der Waals surface area contributed by atoms with Crippen molar-refractivity contribution in [2.24, 2.45) is 5.92 Å². The van der Waals surface area contributed by atoms with Crippen LogP contribution in [0.15, 0.2) is 12.3 Å². The minimum Gasteiger partial charge on any atom is -0.480 e. The molecule has 1 atom stereocenters. The Morgan fingerprint density at radius 1 is 1.42 bits per heavy atom. The molecule has 1 aromatic rings. The normalized spacial score (nSPS) is 18.3. The molecule has 1 unspecified atom stereocenters. The van der Waals surface area contributed by atoms with E-state index in [1.165, 1.54) is 11.6 Å². The number of carbonyl (C=O) groups is 2. The van der Waals surface area contributed by atoms with Crippen molar-refractivity contribution in [2.45, 2.75) is 32.7 Å². The molecule has 1 N–H and O–H groups in total. The third-order valence-corrected chi connectivity index (χ3v) is 3.65. The van der Waals surface area contributed by atoms with Crippen molar-refractivity contribution >= 4 is 11.9 Å². The van der Waals surface area contributed by atoms with E-state index in [4.69, 9.17) is 5.11 Å². The van der Waals surface area contributed by atoms with Crippen LogP contribution >= 0.6 is 0 Å². The zero-order chi connectivity index (χ0) is 14.0. The lowest BCUT2D eigenvalue weighted by Crippen LogP contribution is -2.38. The molecule has 1 aromatic heterocycles. The van der Waals surface area contributed by atoms with Gasteiger partial charge in [0.25, 0.3) is 5.91 Å². The van der Waals surface area contributed by atoms with Crippen LogP contribution in [0.1, 0.15) is 43.2 Å². The van der Waals surface area contributed by atoms with Crippen molar-refractivity contribution in [2.75, 3.05) is 13.1 Å². The van der Waals surface area contributed by atoms with Crippen molar-refractivity contribution in [1.82, 2.24) is 14.7 Å². The summed E-state index contributed by atoms with van der Waals surface area (Å²) in [6.45, 7) is 5.22. The SMILES string of the molecule is CC1CCN(C(=O)c2ccn(C(C)C(=O)O)n2)CC1. The number of aromatic nitrogens is 2. The molecule has 2 rings (SSSR count). The van der Waals surface area contributed by atoms with E-state index in [9.17, 15) is 9.59 Å². The van der Waals surface area contributed by atoms with Gasteiger partial charge in [-0.3, -0.25) is 9.48 Å². The Balaban J connectivity index is 2.06. The number of likely N-dealkylation sites (tertiary alicyclic amines) is 1. The summed E-state index contributed by atoms with van der Waals surface area (Å²) < 4.78 is 1.31. The fourth-order valence-corrected chi connectivity index (χ4v) is 2.15. The van der Waals surface area contributed by atoms with Crippen molar-refractivity contribution in [3.8, 4) is 0 Å². The Kier molecular flexibility index (Phi) is 3.87. The Bertz CT molecular complexity index is 475. The van der Waals surface area contributed by atoms with Crippen LogP contribution in [0.5, 0.6) is 0 Å². The molecule has 0 bridgehead atoms. The van der Waals surface area contributed by atoms with Crippen LogP contribution in [0.2, 0.25) is 0 Å². The predicted octanol–water partition coefficient (Wildman–Crippen LogP) is 1.40. The van der Waals surface area contributed by atoms with Gasteiger partial charge in [0, 0.05) is 19.3 Å². The minimum absolute atomic E-state index is 0.108. The van der Waals surface area contributed by atoms with E-state index in [1.54, 1.807) is 17.2 Å². The highest BCUT2D eigenvalue weighted by Crippen LogP contribution is 2.18. The summed E-state index contributed by atoms with van der Waals surface area (Å²) >= 11 is 0. The number of aliphatic carboxylic acids is 1. The number of piperidine rings is 1. The number of hydrogen-bond acceptors (Lipinski definition) is 3. The Labute approximate surface area is 112 Å². The second-order valence-corrected chi connectivity index (χ2v) is 5.17. The quantitative estimate of drug-likeness (QED) is 0.896. The zero-order valence-corrected chi connectivity index (χ0v) is 11.2. The molecule has 0 aliphatic carbocycles. The molecule has 0 spiro atoms. The molecule has 0 aromatic carbocycles. The molecule has 0 radical (unpaired) electrons. The summed E-state index contributed by atoms with van der Waals surface area (Å²) in [4.78, 5) is 24.9. The number of amides is 1. The van der Waals surface area contributed by atoms with Crippen LogP contribution in [-0.2, 0) is 4.79 Å². The van der Waals surface area contributed by atoms with Gasteiger partial charge in [0.15, 0.2) is 0 Å². The van der Waals surface area contributed by atoms with Crippen LogP contribution < -0.4 is 0 Å². The first-order valence-electron chi connectivity index (χ1n) is 6.56. The maximum absolute atomic E-state index is 12.2. The maximum atomic E-state index is 12.2. The highest BCUT2D eigenvalue weighted by molar-refractivity contribution is 5.92. The predicted molar refractivity (Wildman–Crippen MR) is 68.9 cm³/mol. The molecular formula is C13H19N3O3. The van der Waals surface area contributed by atoms with Crippen LogP contribution in [0.3, 0.4) is 0 Å². The molecular weight excluding hydrogens is 246 g/mol. The average molecular weight is 265 g/mol. The van der Waals surface area contributed by atoms with E-state index in [0.717, 1.165) is 25.9 Å². The van der Waals surface area contributed by atoms with E-state index in [1.807, 2.05) is 0 Å². The molecule has 104 valence electrons. The summed E-state index contributed by atoms with van der Waals surface area (Å²) in [6, 6.07) is 0.822. The second kappa shape index (κ2) is 5.42. The molecule has 2 heterocycles. The summed E-state index contributed by atoms with van der Waals surface area (Å²) in [5, 5.41) is 13.0. The lowest BCUT2D eigenvalue weighted by molar-refractivity contribution is -0.140. The Hall–Kier alpha value is -1.85. The van der Waals surface area contributed by atoms with Crippen LogP contribution in [0, 0.1) is 5.92 Å².